The van der Waals surface area contributed by atoms with Gasteiger partial charge < -0.3 is 10.0 Å². The molecule has 4 nitrogen and oxygen atoms in total. The smallest absolute Gasteiger partial charge is 0.334 e. The third kappa shape index (κ3) is 1.23. The van der Waals surface area contributed by atoms with E-state index in [1.54, 1.807) is 0 Å². The third-order valence-corrected chi connectivity index (χ3v) is 3.64. The van der Waals surface area contributed by atoms with Gasteiger partial charge in [0, 0.05) is 11.4 Å². The lowest BCUT2D eigenvalue weighted by atomic mass is 10.1. The van der Waals surface area contributed by atoms with Gasteiger partial charge in [-0.3, -0.25) is 4.79 Å². The number of hydrogen-bond donors (Lipinski definition) is 1. The summed E-state index contributed by atoms with van der Waals surface area (Å²) in [4.78, 5) is 23.3. The van der Waals surface area contributed by atoms with E-state index < -0.39 is 5.97 Å². The predicted octanol–water partition coefficient (Wildman–Crippen LogP) is 0.649. The maximum absolute atomic E-state index is 11.0. The molecule has 2 aliphatic heterocycles. The van der Waals surface area contributed by atoms with Crippen LogP contribution < -0.4 is 0 Å². The Morgan fingerprint density at radius 2 is 2.46 bits per heavy atom. The molecule has 0 bridgehead atoms. The minimum atomic E-state index is -0.932. The van der Waals surface area contributed by atoms with E-state index in [-0.39, 0.29) is 16.5 Å². The lowest BCUT2D eigenvalue weighted by Gasteiger charge is -2.42. The summed E-state index contributed by atoms with van der Waals surface area (Å²) in [5.74, 6) is -0.915. The van der Waals surface area contributed by atoms with E-state index in [2.05, 4.69) is 0 Å². The van der Waals surface area contributed by atoms with Crippen molar-refractivity contribution in [3.05, 3.63) is 11.8 Å². The highest BCUT2D eigenvalue weighted by molar-refractivity contribution is 8.00. The molecule has 1 N–H and O–H groups in total. The fourth-order valence-corrected chi connectivity index (χ4v) is 2.79. The van der Waals surface area contributed by atoms with E-state index in [4.69, 9.17) is 5.11 Å². The van der Waals surface area contributed by atoms with Crippen molar-refractivity contribution in [1.82, 2.24) is 4.90 Å². The van der Waals surface area contributed by atoms with Crippen LogP contribution in [0.25, 0.3) is 0 Å². The Bertz CT molecular complexity index is 313. The number of carbonyl (C=O) groups is 2. The van der Waals surface area contributed by atoms with Crippen molar-refractivity contribution in [1.29, 1.82) is 0 Å². The molecule has 0 spiro atoms. The Morgan fingerprint density at radius 3 is 3.00 bits per heavy atom. The highest BCUT2D eigenvalue weighted by Gasteiger charge is 2.41. The number of hydrogen-bond acceptors (Lipinski definition) is 3. The molecule has 2 aliphatic rings. The van der Waals surface area contributed by atoms with E-state index in [9.17, 15) is 9.59 Å². The number of carboxylic acids is 1. The van der Waals surface area contributed by atoms with E-state index in [0.717, 1.165) is 0 Å². The lowest BCUT2D eigenvalue weighted by Crippen LogP contribution is -2.50. The van der Waals surface area contributed by atoms with E-state index in [1.807, 2.05) is 6.92 Å². The number of nitrogens with zero attached hydrogens (tertiary/aromatic N) is 1. The largest absolute Gasteiger partial charge is 0.478 e. The number of β-lactam (4-membered cyclic amide) rings is 1. The molecule has 1 saturated heterocycles. The summed E-state index contributed by atoms with van der Waals surface area (Å²) < 4.78 is 0. The zero-order chi connectivity index (χ0) is 9.59. The van der Waals surface area contributed by atoms with Gasteiger partial charge in [0.15, 0.2) is 0 Å². The maximum atomic E-state index is 11.0. The summed E-state index contributed by atoms with van der Waals surface area (Å²) in [7, 11) is 0. The molecule has 1 amide bonds. The lowest BCUT2D eigenvalue weighted by molar-refractivity contribution is -0.138. The first-order valence-electron chi connectivity index (χ1n) is 4.01. The van der Waals surface area contributed by atoms with Crippen LogP contribution in [-0.2, 0) is 9.59 Å². The monoisotopic (exact) mass is 199 g/mol. The molecule has 0 radical (unpaired) electrons. The average molecular weight is 199 g/mol. The summed E-state index contributed by atoms with van der Waals surface area (Å²) in [6.07, 6.45) is 2.01. The number of carbonyl (C=O) groups excluding carboxylic acids is 1. The van der Waals surface area contributed by atoms with Gasteiger partial charge in [-0.05, 0) is 6.92 Å². The van der Waals surface area contributed by atoms with Gasteiger partial charge in [-0.1, -0.05) is 0 Å². The molecule has 2 rings (SSSR count). The van der Waals surface area contributed by atoms with Gasteiger partial charge in [-0.15, -0.1) is 11.8 Å². The second kappa shape index (κ2) is 2.77. The minimum absolute atomic E-state index is 0.0168. The number of amides is 1. The maximum Gasteiger partial charge on any atom is 0.334 e. The molecule has 5 heteroatoms. The average Bonchev–Trinajstić information content (AvgIpc) is 2.02. The number of aliphatic carboxylic acids is 1. The second-order valence-electron chi connectivity index (χ2n) is 3.13. The van der Waals surface area contributed by atoms with Crippen LogP contribution in [0.1, 0.15) is 13.3 Å². The molecule has 0 aliphatic carbocycles. The summed E-state index contributed by atoms with van der Waals surface area (Å²) in [5, 5.41) is 8.95. The second-order valence-corrected chi connectivity index (χ2v) is 4.65. The van der Waals surface area contributed by atoms with E-state index in [0.29, 0.717) is 12.0 Å². The first kappa shape index (κ1) is 8.62. The summed E-state index contributed by atoms with van der Waals surface area (Å²) in [6.45, 7) is 1.85. The fourth-order valence-electron chi connectivity index (χ4n) is 1.46. The third-order valence-electron chi connectivity index (χ3n) is 2.27. The van der Waals surface area contributed by atoms with Crippen molar-refractivity contribution in [2.45, 2.75) is 24.0 Å². The van der Waals surface area contributed by atoms with Gasteiger partial charge >= 0.3 is 5.97 Å². The standard InChI is InChI=1S/C8H9NO3S/c1-4-5(8(11)12)3-9-6(10)2-7(9)13-4/h3-4,7H,2H2,1H3,(H,11,12)/t4?,7-/m1/s1. The first-order chi connectivity index (χ1) is 6.09. The predicted molar refractivity (Wildman–Crippen MR) is 48.0 cm³/mol. The molecule has 0 saturated carbocycles. The molecule has 2 atom stereocenters. The number of carboxylic acid groups (broad SMARTS) is 1. The Balaban J connectivity index is 2.26. The van der Waals surface area contributed by atoms with Crippen LogP contribution in [0.5, 0.6) is 0 Å². The van der Waals surface area contributed by atoms with Gasteiger partial charge in [0.25, 0.3) is 0 Å². The Labute approximate surface area is 79.6 Å². The fraction of sp³-hybridized carbons (Fsp3) is 0.500. The van der Waals surface area contributed by atoms with Crippen LogP contribution in [0.15, 0.2) is 11.8 Å². The molecule has 2 heterocycles. The van der Waals surface area contributed by atoms with Crippen LogP contribution >= 0.6 is 11.8 Å². The van der Waals surface area contributed by atoms with Crippen LogP contribution in [-0.4, -0.2) is 32.5 Å². The van der Waals surface area contributed by atoms with Crippen LogP contribution in [0.3, 0.4) is 0 Å². The Morgan fingerprint density at radius 1 is 1.77 bits per heavy atom. The van der Waals surface area contributed by atoms with Crippen LogP contribution in [0.4, 0.5) is 0 Å². The number of thioether (sulfide) groups is 1. The highest BCUT2D eigenvalue weighted by atomic mass is 32.2. The van der Waals surface area contributed by atoms with Gasteiger partial charge in [0.1, 0.15) is 0 Å². The van der Waals surface area contributed by atoms with Crippen molar-refractivity contribution < 1.29 is 14.7 Å². The van der Waals surface area contributed by atoms with Crippen molar-refractivity contribution in [3.63, 3.8) is 0 Å². The van der Waals surface area contributed by atoms with Crippen LogP contribution in [0, 0.1) is 0 Å². The Kier molecular flexibility index (Phi) is 1.83. The van der Waals surface area contributed by atoms with Gasteiger partial charge in [0.05, 0.1) is 17.4 Å². The number of fused-ring (bicyclic) bond motifs is 1. The molecule has 70 valence electrons. The summed E-state index contributed by atoms with van der Waals surface area (Å²) in [6, 6.07) is 0. The van der Waals surface area contributed by atoms with E-state index in [1.165, 1.54) is 22.9 Å². The zero-order valence-electron chi connectivity index (χ0n) is 7.06. The van der Waals surface area contributed by atoms with Gasteiger partial charge in [-0.25, -0.2) is 4.79 Å². The SMILES string of the molecule is CC1S[C@@H]2CC(=O)N2C=C1C(=O)O. The van der Waals surface area contributed by atoms with Crippen molar-refractivity contribution >= 4 is 23.6 Å². The molecule has 0 aromatic carbocycles. The zero-order valence-corrected chi connectivity index (χ0v) is 7.87. The van der Waals surface area contributed by atoms with Crippen LogP contribution in [0.2, 0.25) is 0 Å². The molecular formula is C8H9NO3S. The van der Waals surface area contributed by atoms with E-state index >= 15 is 0 Å². The molecule has 13 heavy (non-hydrogen) atoms. The Hall–Kier alpha value is -0.970. The number of rotatable bonds is 1. The van der Waals surface area contributed by atoms with Crippen molar-refractivity contribution in [3.8, 4) is 0 Å². The summed E-state index contributed by atoms with van der Waals surface area (Å²) in [5.41, 5.74) is 0.314. The highest BCUT2D eigenvalue weighted by Crippen LogP contribution is 2.39. The van der Waals surface area contributed by atoms with Gasteiger partial charge in [0.2, 0.25) is 5.91 Å². The normalized spacial score (nSPS) is 31.9. The quantitative estimate of drug-likeness (QED) is 0.630. The summed E-state index contributed by atoms with van der Waals surface area (Å²) >= 11 is 1.53. The molecule has 0 aromatic rings. The molecule has 1 fully saturated rings. The molecular weight excluding hydrogens is 190 g/mol. The molecule has 0 aromatic heterocycles. The van der Waals surface area contributed by atoms with Crippen molar-refractivity contribution in [2.24, 2.45) is 0 Å². The first-order valence-corrected chi connectivity index (χ1v) is 4.95. The molecule has 1 unspecified atom stereocenters. The minimum Gasteiger partial charge on any atom is -0.478 e. The topological polar surface area (TPSA) is 57.6 Å². The van der Waals surface area contributed by atoms with Crippen molar-refractivity contribution in [2.75, 3.05) is 0 Å². The van der Waals surface area contributed by atoms with Gasteiger partial charge in [-0.2, -0.15) is 0 Å².